The number of rotatable bonds is 8. The van der Waals surface area contributed by atoms with Crippen molar-refractivity contribution in [2.24, 2.45) is 13.0 Å². The van der Waals surface area contributed by atoms with Gasteiger partial charge in [-0.25, -0.2) is 9.78 Å². The Labute approximate surface area is 318 Å². The number of nitrogens with zero attached hydrogens (tertiary/aromatic N) is 8. The minimum absolute atomic E-state index is 0.117. The third kappa shape index (κ3) is 8.10. The number of piperidine rings is 1. The number of fused-ring (bicyclic) bond motifs is 1. The highest BCUT2D eigenvalue weighted by atomic mass is 16.3. The molecule has 0 radical (unpaired) electrons. The van der Waals surface area contributed by atoms with Crippen LogP contribution in [0, 0.1) is 29.1 Å². The maximum atomic E-state index is 13.2. The summed E-state index contributed by atoms with van der Waals surface area (Å²) in [5.41, 5.74) is 1.53. The van der Waals surface area contributed by atoms with Crippen LogP contribution in [0.5, 0.6) is 0 Å². The molecular weight excluding hydrogens is 701 g/mol. The number of aryl methyl sites for hydroxylation is 1. The number of pyridine rings is 1. The minimum atomic E-state index is -1.28. The number of carbonyl (C=O) groups is 3. The Balaban J connectivity index is 0.909. The van der Waals surface area contributed by atoms with Gasteiger partial charge in [-0.3, -0.25) is 38.4 Å². The smallest absolute Gasteiger partial charge is 0.329 e. The number of anilines is 1. The van der Waals surface area contributed by atoms with Crippen molar-refractivity contribution < 1.29 is 19.5 Å². The van der Waals surface area contributed by atoms with Crippen molar-refractivity contribution in [3.63, 3.8) is 0 Å². The van der Waals surface area contributed by atoms with E-state index in [0.717, 1.165) is 64.0 Å². The molecule has 286 valence electrons. The number of imide groups is 1. The van der Waals surface area contributed by atoms with Gasteiger partial charge in [0.1, 0.15) is 34.8 Å². The highest BCUT2D eigenvalue weighted by molar-refractivity contribution is 6.03. The molecule has 15 heteroatoms. The third-order valence-electron chi connectivity index (χ3n) is 11.0. The average Bonchev–Trinajstić information content (AvgIpc) is 3.71. The number of aliphatic hydroxyl groups is 1. The summed E-state index contributed by atoms with van der Waals surface area (Å²) >= 11 is 0. The third-order valence-corrected chi connectivity index (χ3v) is 11.0. The van der Waals surface area contributed by atoms with Crippen molar-refractivity contribution in [2.45, 2.75) is 70.1 Å². The first-order chi connectivity index (χ1) is 26.4. The van der Waals surface area contributed by atoms with Crippen LogP contribution in [-0.4, -0.2) is 95.8 Å². The number of benzene rings is 1. The Kier molecular flexibility index (Phi) is 10.7. The highest BCUT2D eigenvalue weighted by Crippen LogP contribution is 2.35. The van der Waals surface area contributed by atoms with Gasteiger partial charge in [-0.1, -0.05) is 24.0 Å². The van der Waals surface area contributed by atoms with Gasteiger partial charge in [-0.15, -0.1) is 0 Å². The standard InChI is InChI=1S/C40H46N10O5/c1-40(2,55)36-31(43-37(52)30-10-5-9-28(23-41)42-30)25-49(45-36)29-14-12-26(13-15-29)24-48-21-19-47(20-22-48)18-6-8-27-7-4-11-32-35(27)46(3)39(54)50(32)33-16-17-34(51)44-38(33)53/h4-5,7,9-11,25-26,29,33,55H,12-22,24H2,1-3H3,(H,43,52)(H,44,51,53). The van der Waals surface area contributed by atoms with Gasteiger partial charge in [0.2, 0.25) is 11.8 Å². The molecule has 0 bridgehead atoms. The first-order valence-corrected chi connectivity index (χ1v) is 18.9. The second kappa shape index (κ2) is 15.6. The summed E-state index contributed by atoms with van der Waals surface area (Å²) in [5.74, 6) is 5.92. The van der Waals surface area contributed by atoms with Crippen LogP contribution in [0.1, 0.15) is 91.9 Å². The van der Waals surface area contributed by atoms with Gasteiger partial charge < -0.3 is 15.3 Å². The minimum Gasteiger partial charge on any atom is -0.384 e. The van der Waals surface area contributed by atoms with Crippen molar-refractivity contribution in [3.05, 3.63) is 75.7 Å². The number of aromatic nitrogens is 5. The maximum Gasteiger partial charge on any atom is 0.329 e. The number of hydrogen-bond acceptors (Lipinski definition) is 10. The number of carbonyl (C=O) groups excluding carboxylic acids is 3. The van der Waals surface area contributed by atoms with Gasteiger partial charge in [0.25, 0.3) is 5.91 Å². The van der Waals surface area contributed by atoms with E-state index in [9.17, 15) is 24.3 Å². The van der Waals surface area contributed by atoms with Gasteiger partial charge in [0, 0.05) is 52.4 Å². The van der Waals surface area contributed by atoms with E-state index in [1.54, 1.807) is 39.2 Å². The topological polar surface area (TPSA) is 183 Å². The fourth-order valence-corrected chi connectivity index (χ4v) is 8.03. The molecule has 1 aromatic carbocycles. The second-order valence-corrected chi connectivity index (χ2v) is 15.3. The number of para-hydroxylation sites is 1. The fraction of sp³-hybridized carbons (Fsp3) is 0.475. The molecule has 15 nitrogen and oxygen atoms in total. The molecule has 3 aromatic heterocycles. The van der Waals surface area contributed by atoms with E-state index in [2.05, 4.69) is 37.3 Å². The molecule has 1 saturated carbocycles. The van der Waals surface area contributed by atoms with Crippen LogP contribution < -0.4 is 16.3 Å². The molecule has 3 amide bonds. The predicted octanol–water partition coefficient (Wildman–Crippen LogP) is 2.66. The number of amides is 3. The molecule has 4 aromatic rings. The predicted molar refractivity (Wildman–Crippen MR) is 204 cm³/mol. The van der Waals surface area contributed by atoms with Crippen LogP contribution in [0.15, 0.2) is 47.4 Å². The zero-order valence-corrected chi connectivity index (χ0v) is 31.4. The van der Waals surface area contributed by atoms with E-state index in [1.807, 2.05) is 29.0 Å². The Bertz CT molecular complexity index is 2280. The molecule has 5 heterocycles. The van der Waals surface area contributed by atoms with Crippen molar-refractivity contribution in [3.8, 4) is 17.9 Å². The molecule has 3 fully saturated rings. The van der Waals surface area contributed by atoms with Crippen LogP contribution in [0.3, 0.4) is 0 Å². The molecule has 2 saturated heterocycles. The lowest BCUT2D eigenvalue weighted by Gasteiger charge is -2.37. The first-order valence-electron chi connectivity index (χ1n) is 18.9. The summed E-state index contributed by atoms with van der Waals surface area (Å²) < 4.78 is 4.90. The van der Waals surface area contributed by atoms with Gasteiger partial charge >= 0.3 is 5.69 Å². The summed E-state index contributed by atoms with van der Waals surface area (Å²) in [6.07, 6.45) is 6.28. The quantitative estimate of drug-likeness (QED) is 0.179. The molecule has 1 unspecified atom stereocenters. The SMILES string of the molecule is Cn1c(=O)n(C2CCC(=O)NC2=O)c2cccc(C#CCN3CCN(CC4CCC(n5cc(NC(=O)c6cccc(C#N)n6)c(C(C)(C)O)n5)CC4)CC3)c21. The van der Waals surface area contributed by atoms with E-state index in [1.165, 1.54) is 15.2 Å². The number of nitriles is 1. The van der Waals surface area contributed by atoms with Gasteiger partial charge in [0.15, 0.2) is 0 Å². The van der Waals surface area contributed by atoms with E-state index < -0.39 is 23.5 Å². The molecule has 55 heavy (non-hydrogen) atoms. The van der Waals surface area contributed by atoms with Crippen LogP contribution in [-0.2, 0) is 22.2 Å². The lowest BCUT2D eigenvalue weighted by Crippen LogP contribution is -2.48. The van der Waals surface area contributed by atoms with Gasteiger partial charge in [-0.05, 0) is 76.1 Å². The van der Waals surface area contributed by atoms with E-state index in [-0.39, 0.29) is 41.9 Å². The zero-order valence-electron chi connectivity index (χ0n) is 31.4. The zero-order chi connectivity index (χ0) is 38.9. The Hall–Kier alpha value is -5.61. The number of hydrogen-bond donors (Lipinski definition) is 3. The molecule has 7 rings (SSSR count). The van der Waals surface area contributed by atoms with Crippen molar-refractivity contribution in [2.75, 3.05) is 44.6 Å². The Morgan fingerprint density at radius 3 is 2.45 bits per heavy atom. The van der Waals surface area contributed by atoms with Crippen LogP contribution in [0.4, 0.5) is 5.69 Å². The molecular formula is C40H46N10O5. The van der Waals surface area contributed by atoms with E-state index in [4.69, 9.17) is 10.4 Å². The van der Waals surface area contributed by atoms with Gasteiger partial charge in [-0.2, -0.15) is 10.4 Å². The summed E-state index contributed by atoms with van der Waals surface area (Å²) in [5, 5.41) is 30.0. The van der Waals surface area contributed by atoms with E-state index >= 15 is 0 Å². The number of piperazine rings is 1. The lowest BCUT2D eigenvalue weighted by atomic mass is 9.85. The molecule has 3 aliphatic rings. The van der Waals surface area contributed by atoms with E-state index in [0.29, 0.717) is 34.9 Å². The molecule has 2 aliphatic heterocycles. The van der Waals surface area contributed by atoms with Crippen LogP contribution in [0.2, 0.25) is 0 Å². The molecule has 3 N–H and O–H groups in total. The second-order valence-electron chi connectivity index (χ2n) is 15.3. The lowest BCUT2D eigenvalue weighted by molar-refractivity contribution is -0.135. The molecule has 0 spiro atoms. The van der Waals surface area contributed by atoms with Crippen molar-refractivity contribution >= 4 is 34.4 Å². The van der Waals surface area contributed by atoms with Crippen LogP contribution >= 0.6 is 0 Å². The first kappa shape index (κ1) is 37.7. The van der Waals surface area contributed by atoms with Crippen molar-refractivity contribution in [1.29, 1.82) is 5.26 Å². The number of imidazole rings is 1. The average molecular weight is 747 g/mol. The Morgan fingerprint density at radius 2 is 1.75 bits per heavy atom. The summed E-state index contributed by atoms with van der Waals surface area (Å²) in [7, 11) is 1.69. The molecule has 1 atom stereocenters. The highest BCUT2D eigenvalue weighted by Gasteiger charge is 2.33. The monoisotopic (exact) mass is 746 g/mol. The summed E-state index contributed by atoms with van der Waals surface area (Å²) in [6.45, 7) is 8.68. The van der Waals surface area contributed by atoms with Crippen LogP contribution in [0.25, 0.3) is 11.0 Å². The normalized spacial score (nSPS) is 21.1. The Morgan fingerprint density at radius 1 is 1.02 bits per heavy atom. The number of nitrogens with one attached hydrogen (secondary N) is 2. The fourth-order valence-electron chi connectivity index (χ4n) is 8.03. The van der Waals surface area contributed by atoms with Crippen molar-refractivity contribution in [1.82, 2.24) is 39.0 Å². The maximum absolute atomic E-state index is 13.2. The molecule has 1 aliphatic carbocycles. The van der Waals surface area contributed by atoms with Gasteiger partial charge in [0.05, 0.1) is 34.9 Å². The largest absolute Gasteiger partial charge is 0.384 e. The summed E-state index contributed by atoms with van der Waals surface area (Å²) in [4.78, 5) is 59.5. The summed E-state index contributed by atoms with van der Waals surface area (Å²) in [6, 6.07) is 11.6.